The molecule has 0 aliphatic carbocycles. The fourth-order valence-corrected chi connectivity index (χ4v) is 2.58. The van der Waals surface area contributed by atoms with E-state index in [1.54, 1.807) is 13.8 Å². The van der Waals surface area contributed by atoms with Gasteiger partial charge in [-0.05, 0) is 13.8 Å². The second-order valence-electron chi connectivity index (χ2n) is 6.27. The fourth-order valence-electron chi connectivity index (χ4n) is 2.44. The number of hydrogen-bond acceptors (Lipinski definition) is 9. The molecule has 164 valence electrons. The van der Waals surface area contributed by atoms with E-state index in [1.807, 2.05) is 0 Å². The van der Waals surface area contributed by atoms with Crippen LogP contribution in [0.15, 0.2) is 24.7 Å². The van der Waals surface area contributed by atoms with Crippen molar-refractivity contribution in [2.24, 2.45) is 0 Å². The number of methoxy groups -OCH3 is 1. The number of benzene rings is 1. The summed E-state index contributed by atoms with van der Waals surface area (Å²) >= 11 is 6.12. The van der Waals surface area contributed by atoms with Crippen LogP contribution in [-0.2, 0) is 4.79 Å². The average Bonchev–Trinajstić information content (AvgIpc) is 2.68. The number of ether oxygens (including phenoxy) is 3. The average molecular weight is 458 g/mol. The van der Waals surface area contributed by atoms with Gasteiger partial charge >= 0.3 is 18.2 Å². The summed E-state index contributed by atoms with van der Waals surface area (Å²) in [4.78, 5) is 27.4. The molecule has 0 saturated heterocycles. The van der Waals surface area contributed by atoms with Crippen LogP contribution >= 0.6 is 11.6 Å². The van der Waals surface area contributed by atoms with Gasteiger partial charge in [0.05, 0.1) is 30.3 Å². The summed E-state index contributed by atoms with van der Waals surface area (Å²) in [6.45, 7) is 3.42. The molecule has 0 atom stereocenters. The fraction of sp³-hybridized carbons (Fsp3) is 0.278. The normalized spacial score (nSPS) is 11.5. The number of nitrogens with one attached hydrogen (secondary N) is 1. The highest BCUT2D eigenvalue weighted by molar-refractivity contribution is 6.33. The molecular formula is C18H15ClF3N5O4. The van der Waals surface area contributed by atoms with Gasteiger partial charge in [0.1, 0.15) is 28.7 Å². The Morgan fingerprint density at radius 2 is 1.90 bits per heavy atom. The van der Waals surface area contributed by atoms with Crippen LogP contribution in [0.1, 0.15) is 13.8 Å². The van der Waals surface area contributed by atoms with Gasteiger partial charge in [-0.15, -0.1) is 0 Å². The largest absolute Gasteiger partial charge is 0.491 e. The molecule has 0 radical (unpaired) electrons. The van der Waals surface area contributed by atoms with E-state index in [1.165, 1.54) is 13.3 Å². The molecule has 2 aromatic heterocycles. The van der Waals surface area contributed by atoms with Crippen molar-refractivity contribution in [1.29, 1.82) is 0 Å². The smallest absolute Gasteiger partial charge is 0.490 e. The van der Waals surface area contributed by atoms with E-state index in [4.69, 9.17) is 21.1 Å². The predicted molar refractivity (Wildman–Crippen MR) is 104 cm³/mol. The Balaban J connectivity index is 2.10. The lowest BCUT2D eigenvalue weighted by Gasteiger charge is -2.17. The molecule has 2 heterocycles. The van der Waals surface area contributed by atoms with Gasteiger partial charge in [0.2, 0.25) is 0 Å². The first-order chi connectivity index (χ1) is 14.6. The highest BCUT2D eigenvalue weighted by Gasteiger charge is 2.41. The minimum absolute atomic E-state index is 0.0465. The van der Waals surface area contributed by atoms with Crippen molar-refractivity contribution < 1.29 is 32.2 Å². The molecule has 0 spiro atoms. The van der Waals surface area contributed by atoms with Crippen LogP contribution in [0.4, 0.5) is 24.8 Å². The number of esters is 1. The van der Waals surface area contributed by atoms with Gasteiger partial charge in [-0.25, -0.2) is 19.7 Å². The van der Waals surface area contributed by atoms with Gasteiger partial charge in [0, 0.05) is 12.1 Å². The summed E-state index contributed by atoms with van der Waals surface area (Å²) in [5.41, 5.74) is 0.151. The molecule has 3 aromatic rings. The van der Waals surface area contributed by atoms with Gasteiger partial charge in [0.15, 0.2) is 5.82 Å². The molecule has 0 amide bonds. The number of alkyl halides is 3. The number of fused-ring (bicyclic) bond motifs is 1. The summed E-state index contributed by atoms with van der Waals surface area (Å²) in [6.07, 6.45) is -3.05. The maximum Gasteiger partial charge on any atom is 0.491 e. The van der Waals surface area contributed by atoms with E-state index >= 15 is 0 Å². The van der Waals surface area contributed by atoms with E-state index in [0.29, 0.717) is 5.39 Å². The van der Waals surface area contributed by atoms with Crippen LogP contribution in [0.2, 0.25) is 5.02 Å². The van der Waals surface area contributed by atoms with Crippen molar-refractivity contribution in [3.05, 3.63) is 29.7 Å². The maximum atomic E-state index is 12.6. The second kappa shape index (κ2) is 8.76. The highest BCUT2D eigenvalue weighted by Crippen LogP contribution is 2.37. The number of carbonyl (C=O) groups is 1. The molecule has 1 aromatic carbocycles. The number of anilines is 2. The summed E-state index contributed by atoms with van der Waals surface area (Å²) < 4.78 is 52.9. The topological polar surface area (TPSA) is 108 Å². The second-order valence-corrected chi connectivity index (χ2v) is 6.68. The standard InChI is InChI=1S/C18H15ClF3N5O4/c1-8(2)30-12-5-9(31-16(28)18(20,21)22)4-11-13(12)15(25-7-24-11)26-14-10(19)6-23-17(27-14)29-3/h4-8H,1-3H3,(H,23,24,25,26,27). The minimum atomic E-state index is -5.16. The van der Waals surface area contributed by atoms with Crippen molar-refractivity contribution >= 4 is 40.1 Å². The highest BCUT2D eigenvalue weighted by atomic mass is 35.5. The summed E-state index contributed by atoms with van der Waals surface area (Å²) in [5, 5.41) is 3.37. The van der Waals surface area contributed by atoms with Gasteiger partial charge in [-0.3, -0.25) is 0 Å². The third-order valence-electron chi connectivity index (χ3n) is 3.62. The Morgan fingerprint density at radius 3 is 2.55 bits per heavy atom. The lowest BCUT2D eigenvalue weighted by atomic mass is 10.2. The first-order valence-electron chi connectivity index (χ1n) is 8.66. The lowest BCUT2D eigenvalue weighted by Crippen LogP contribution is -2.28. The van der Waals surface area contributed by atoms with E-state index < -0.39 is 17.9 Å². The molecule has 0 saturated carbocycles. The molecule has 0 aliphatic rings. The number of aromatic nitrogens is 4. The monoisotopic (exact) mass is 457 g/mol. The SMILES string of the molecule is COc1ncc(Cl)c(Nc2ncnc3cc(OC(=O)C(F)(F)F)cc(OC(C)C)c23)n1. The van der Waals surface area contributed by atoms with Crippen molar-refractivity contribution in [2.75, 3.05) is 12.4 Å². The third-order valence-corrected chi connectivity index (χ3v) is 3.90. The van der Waals surface area contributed by atoms with Gasteiger partial charge in [-0.2, -0.15) is 18.2 Å². The molecule has 0 aliphatic heterocycles. The van der Waals surface area contributed by atoms with Gasteiger partial charge in [0.25, 0.3) is 0 Å². The number of halogens is 4. The van der Waals surface area contributed by atoms with Crippen molar-refractivity contribution in [3.63, 3.8) is 0 Å². The summed E-state index contributed by atoms with van der Waals surface area (Å²) in [5.74, 6) is -2.32. The van der Waals surface area contributed by atoms with Crippen LogP contribution in [0.25, 0.3) is 10.9 Å². The van der Waals surface area contributed by atoms with Crippen molar-refractivity contribution in [1.82, 2.24) is 19.9 Å². The third kappa shape index (κ3) is 5.20. The predicted octanol–water partition coefficient (Wildman–Crippen LogP) is 4.08. The number of carbonyl (C=O) groups excluding carboxylic acids is 1. The molecular weight excluding hydrogens is 443 g/mol. The Morgan fingerprint density at radius 1 is 1.16 bits per heavy atom. The summed E-state index contributed by atoms with van der Waals surface area (Å²) in [6, 6.07) is 2.34. The van der Waals surface area contributed by atoms with E-state index in [0.717, 1.165) is 18.5 Å². The quantitative estimate of drug-likeness (QED) is 0.432. The Hall–Kier alpha value is -3.41. The number of hydrogen-bond donors (Lipinski definition) is 1. The minimum Gasteiger partial charge on any atom is -0.490 e. The molecule has 3 rings (SSSR count). The molecule has 1 N–H and O–H groups in total. The van der Waals surface area contributed by atoms with E-state index in [2.05, 4.69) is 30.0 Å². The Bertz CT molecular complexity index is 1130. The Labute approximate surface area is 178 Å². The van der Waals surface area contributed by atoms with Crippen LogP contribution in [0.3, 0.4) is 0 Å². The molecule has 31 heavy (non-hydrogen) atoms. The van der Waals surface area contributed by atoms with Gasteiger partial charge < -0.3 is 19.5 Å². The zero-order chi connectivity index (χ0) is 22.8. The first kappa shape index (κ1) is 22.3. The van der Waals surface area contributed by atoms with Crippen LogP contribution in [0, 0.1) is 0 Å². The van der Waals surface area contributed by atoms with Crippen molar-refractivity contribution in [2.45, 2.75) is 26.1 Å². The molecule has 9 nitrogen and oxygen atoms in total. The van der Waals surface area contributed by atoms with Crippen molar-refractivity contribution in [3.8, 4) is 17.5 Å². The number of nitrogens with zero attached hydrogens (tertiary/aromatic N) is 4. The summed E-state index contributed by atoms with van der Waals surface area (Å²) in [7, 11) is 1.38. The number of rotatable bonds is 6. The zero-order valence-electron chi connectivity index (χ0n) is 16.3. The molecule has 0 unspecified atom stereocenters. The zero-order valence-corrected chi connectivity index (χ0v) is 17.1. The van der Waals surface area contributed by atoms with Crippen LogP contribution < -0.4 is 19.5 Å². The van der Waals surface area contributed by atoms with Gasteiger partial charge in [-0.1, -0.05) is 11.6 Å². The van der Waals surface area contributed by atoms with E-state index in [9.17, 15) is 18.0 Å². The Kier molecular flexibility index (Phi) is 6.29. The van der Waals surface area contributed by atoms with E-state index in [-0.39, 0.29) is 40.0 Å². The molecule has 13 heteroatoms. The molecule has 0 bridgehead atoms. The lowest BCUT2D eigenvalue weighted by molar-refractivity contribution is -0.189. The van der Waals surface area contributed by atoms with Crippen LogP contribution in [0.5, 0.6) is 17.5 Å². The molecule has 0 fully saturated rings. The first-order valence-corrected chi connectivity index (χ1v) is 9.04. The van der Waals surface area contributed by atoms with Crippen LogP contribution in [-0.4, -0.2) is 45.3 Å². The maximum absolute atomic E-state index is 12.6.